The Labute approximate surface area is 162 Å². The Hall–Kier alpha value is -1.75. The normalized spacial score (nSPS) is 23.1. The van der Waals surface area contributed by atoms with E-state index in [4.69, 9.17) is 18.6 Å². The molecule has 0 atom stereocenters. The van der Waals surface area contributed by atoms with Gasteiger partial charge >= 0.3 is 14.2 Å². The highest BCUT2D eigenvalue weighted by Crippen LogP contribution is 2.36. The Morgan fingerprint density at radius 2 is 1.22 bits per heavy atom. The lowest BCUT2D eigenvalue weighted by atomic mass is 9.75. The van der Waals surface area contributed by atoms with Crippen LogP contribution in [0.5, 0.6) is 0 Å². The van der Waals surface area contributed by atoms with Gasteiger partial charge in [0.15, 0.2) is 0 Å². The van der Waals surface area contributed by atoms with E-state index in [2.05, 4.69) is 64.6 Å². The van der Waals surface area contributed by atoms with Gasteiger partial charge in [-0.25, -0.2) is 0 Å². The van der Waals surface area contributed by atoms with Crippen molar-refractivity contribution in [3.8, 4) is 0 Å². The Kier molecular flexibility index (Phi) is 4.05. The van der Waals surface area contributed by atoms with Gasteiger partial charge in [0.05, 0.1) is 17.0 Å². The molecular weight excluding hydrogens is 338 g/mol. The summed E-state index contributed by atoms with van der Waals surface area (Å²) in [4.78, 5) is 0. The van der Waals surface area contributed by atoms with Crippen molar-refractivity contribution in [3.63, 3.8) is 0 Å². The molecule has 0 amide bonds. The van der Waals surface area contributed by atoms with Crippen molar-refractivity contribution < 1.29 is 18.6 Å². The summed E-state index contributed by atoms with van der Waals surface area (Å²) in [7, 11) is -0.807. The summed E-state index contributed by atoms with van der Waals surface area (Å²) in [6.45, 7) is 16.1. The fraction of sp³-hybridized carbons (Fsp3) is 0.429. The van der Waals surface area contributed by atoms with Crippen molar-refractivity contribution in [2.24, 2.45) is 0 Å². The third-order valence-corrected chi connectivity index (χ3v) is 6.01. The van der Waals surface area contributed by atoms with E-state index in [1.54, 1.807) is 0 Å². The van der Waals surface area contributed by atoms with Crippen molar-refractivity contribution >= 4 is 35.9 Å². The maximum atomic E-state index is 6.19. The first-order valence-electron chi connectivity index (χ1n) is 9.42. The van der Waals surface area contributed by atoms with Gasteiger partial charge < -0.3 is 18.6 Å². The van der Waals surface area contributed by atoms with Gasteiger partial charge in [-0.05, 0) is 63.2 Å². The smallest absolute Gasteiger partial charge is 0.534 e. The first kappa shape index (κ1) is 18.6. The molecular formula is C21H26B2O4. The van der Waals surface area contributed by atoms with Gasteiger partial charge in [0.25, 0.3) is 0 Å². The molecule has 6 heteroatoms. The Morgan fingerprint density at radius 1 is 0.704 bits per heavy atom. The molecule has 2 aromatic carbocycles. The number of rotatable bonds is 2. The minimum atomic E-state index is -0.482. The maximum absolute atomic E-state index is 6.19. The zero-order chi connectivity index (χ0) is 19.6. The molecule has 2 aromatic rings. The lowest BCUT2D eigenvalue weighted by Crippen LogP contribution is -2.41. The average Bonchev–Trinajstić information content (AvgIpc) is 2.97. The molecule has 4 rings (SSSR count). The van der Waals surface area contributed by atoms with Crippen LogP contribution in [0.3, 0.4) is 0 Å². The lowest BCUT2D eigenvalue weighted by molar-refractivity contribution is 0.00578. The summed E-state index contributed by atoms with van der Waals surface area (Å²) in [6.07, 6.45) is 0. The van der Waals surface area contributed by atoms with E-state index in [1.807, 2.05) is 19.9 Å². The second-order valence-electron chi connectivity index (χ2n) is 8.96. The van der Waals surface area contributed by atoms with E-state index in [0.29, 0.717) is 5.76 Å². The highest BCUT2D eigenvalue weighted by Gasteiger charge is 2.51. The van der Waals surface area contributed by atoms with Gasteiger partial charge in [-0.15, -0.1) is 0 Å². The van der Waals surface area contributed by atoms with Gasteiger partial charge in [0, 0.05) is 0 Å². The summed E-state index contributed by atoms with van der Waals surface area (Å²) < 4.78 is 24.2. The molecule has 0 radical (unpaired) electrons. The molecule has 2 aliphatic heterocycles. The van der Waals surface area contributed by atoms with Gasteiger partial charge in [-0.3, -0.25) is 0 Å². The van der Waals surface area contributed by atoms with Crippen molar-refractivity contribution in [1.82, 2.24) is 0 Å². The van der Waals surface area contributed by atoms with Crippen molar-refractivity contribution in [2.75, 3.05) is 0 Å². The van der Waals surface area contributed by atoms with Crippen molar-refractivity contribution in [3.05, 3.63) is 48.7 Å². The molecule has 0 N–H and O–H groups in total. The second-order valence-corrected chi connectivity index (χ2v) is 8.96. The predicted molar refractivity (Wildman–Crippen MR) is 110 cm³/mol. The molecule has 2 saturated heterocycles. The fourth-order valence-corrected chi connectivity index (χ4v) is 3.32. The maximum Gasteiger partial charge on any atom is 0.563 e. The van der Waals surface area contributed by atoms with Crippen LogP contribution in [0.15, 0.2) is 48.7 Å². The molecule has 2 aliphatic rings. The molecule has 0 unspecified atom stereocenters. The molecule has 0 aromatic heterocycles. The zero-order valence-electron chi connectivity index (χ0n) is 17.0. The third-order valence-electron chi connectivity index (χ3n) is 6.01. The number of benzene rings is 2. The third kappa shape index (κ3) is 3.10. The minimum absolute atomic E-state index is 0.355. The van der Waals surface area contributed by atoms with Gasteiger partial charge in [-0.1, -0.05) is 43.0 Å². The van der Waals surface area contributed by atoms with Crippen LogP contribution in [-0.2, 0) is 18.6 Å². The van der Waals surface area contributed by atoms with E-state index in [1.165, 1.54) is 0 Å². The van der Waals surface area contributed by atoms with Crippen LogP contribution in [0.2, 0.25) is 0 Å². The SMILES string of the molecule is C=C1OB(c2ccc3ccc(B4OC(C)(C)C(C)(C)O4)cc3c2)OC1(C)C. The van der Waals surface area contributed by atoms with Gasteiger partial charge in [0.2, 0.25) is 0 Å². The summed E-state index contributed by atoms with van der Waals surface area (Å²) in [5.74, 6) is 0.651. The van der Waals surface area contributed by atoms with E-state index in [9.17, 15) is 0 Å². The standard InChI is InChI=1S/C21H26B2O4/c1-14-19(2,3)25-22(24-14)17-10-8-15-9-11-18(13-16(15)12-17)23-26-20(4,5)21(6,7)27-23/h8-13H,1H2,2-7H3. The topological polar surface area (TPSA) is 36.9 Å². The van der Waals surface area contributed by atoms with Crippen molar-refractivity contribution in [2.45, 2.75) is 58.3 Å². The minimum Gasteiger partial charge on any atom is -0.534 e. The van der Waals surface area contributed by atoms with Crippen LogP contribution >= 0.6 is 0 Å². The monoisotopic (exact) mass is 364 g/mol. The Balaban J connectivity index is 1.66. The van der Waals surface area contributed by atoms with Crippen LogP contribution in [0, 0.1) is 0 Å². The van der Waals surface area contributed by atoms with E-state index < -0.39 is 12.7 Å². The average molecular weight is 364 g/mol. The summed E-state index contributed by atoms with van der Waals surface area (Å²) >= 11 is 0. The fourth-order valence-electron chi connectivity index (χ4n) is 3.32. The summed E-state index contributed by atoms with van der Waals surface area (Å²) in [5, 5.41) is 2.25. The van der Waals surface area contributed by atoms with Crippen LogP contribution in [0.25, 0.3) is 10.8 Å². The molecule has 0 bridgehead atoms. The number of hydrogen-bond acceptors (Lipinski definition) is 4. The molecule has 0 aliphatic carbocycles. The number of fused-ring (bicyclic) bond motifs is 1. The Morgan fingerprint density at radius 3 is 1.70 bits per heavy atom. The highest BCUT2D eigenvalue weighted by atomic mass is 16.7. The molecule has 140 valence electrons. The molecule has 2 fully saturated rings. The summed E-state index contributed by atoms with van der Waals surface area (Å²) in [6, 6.07) is 12.5. The van der Waals surface area contributed by atoms with E-state index in [0.717, 1.165) is 21.7 Å². The van der Waals surface area contributed by atoms with Crippen LogP contribution in [0.1, 0.15) is 41.5 Å². The summed E-state index contributed by atoms with van der Waals surface area (Å²) in [5.41, 5.74) is 0.791. The number of hydrogen-bond donors (Lipinski definition) is 0. The predicted octanol–water partition coefficient (Wildman–Crippen LogP) is 3.17. The quantitative estimate of drug-likeness (QED) is 0.768. The van der Waals surface area contributed by atoms with Gasteiger partial charge in [-0.2, -0.15) is 0 Å². The van der Waals surface area contributed by atoms with Crippen LogP contribution in [0.4, 0.5) is 0 Å². The first-order chi connectivity index (χ1) is 12.5. The van der Waals surface area contributed by atoms with E-state index >= 15 is 0 Å². The van der Waals surface area contributed by atoms with Crippen molar-refractivity contribution in [1.29, 1.82) is 0 Å². The van der Waals surface area contributed by atoms with E-state index in [-0.39, 0.29) is 18.3 Å². The largest absolute Gasteiger partial charge is 0.563 e. The molecule has 0 spiro atoms. The second kappa shape index (κ2) is 5.87. The van der Waals surface area contributed by atoms with Gasteiger partial charge in [0.1, 0.15) is 5.60 Å². The molecule has 0 saturated carbocycles. The Bertz CT molecular complexity index is 904. The van der Waals surface area contributed by atoms with Crippen LogP contribution in [-0.4, -0.2) is 31.0 Å². The zero-order valence-corrected chi connectivity index (χ0v) is 17.0. The highest BCUT2D eigenvalue weighted by molar-refractivity contribution is 6.63. The van der Waals surface area contributed by atoms with Crippen LogP contribution < -0.4 is 10.9 Å². The molecule has 27 heavy (non-hydrogen) atoms. The molecule has 2 heterocycles. The lowest BCUT2D eigenvalue weighted by Gasteiger charge is -2.32. The first-order valence-corrected chi connectivity index (χ1v) is 9.42. The molecule has 4 nitrogen and oxygen atoms in total.